The maximum Gasteiger partial charge on any atom is 0.283 e. The van der Waals surface area contributed by atoms with E-state index in [-0.39, 0.29) is 11.6 Å². The van der Waals surface area contributed by atoms with E-state index in [1.165, 1.54) is 16.7 Å². The first-order valence-electron chi connectivity index (χ1n) is 9.40. The van der Waals surface area contributed by atoms with Gasteiger partial charge >= 0.3 is 0 Å². The highest BCUT2D eigenvalue weighted by Gasteiger charge is 2.40. The van der Waals surface area contributed by atoms with Crippen molar-refractivity contribution in [3.63, 3.8) is 0 Å². The molecule has 1 heterocycles. The highest BCUT2D eigenvalue weighted by Crippen LogP contribution is 2.38. The Morgan fingerprint density at radius 3 is 2.23 bits per heavy atom. The SMILES string of the molecule is Cc1ccc(NC2=C(Sc3ccccc3)C(=O)N(c3ccc(C)c(Cl)c3)C2=O)cc1. The van der Waals surface area contributed by atoms with Crippen LogP contribution in [0.15, 0.2) is 88.3 Å². The zero-order valence-electron chi connectivity index (χ0n) is 16.5. The number of nitrogens with one attached hydrogen (secondary N) is 1. The number of anilines is 2. The molecule has 150 valence electrons. The van der Waals surface area contributed by atoms with E-state index < -0.39 is 5.91 Å². The minimum Gasteiger partial charge on any atom is -0.350 e. The monoisotopic (exact) mass is 434 g/mol. The van der Waals surface area contributed by atoms with Crippen molar-refractivity contribution < 1.29 is 9.59 Å². The number of benzene rings is 3. The third kappa shape index (κ3) is 3.99. The standard InChI is InChI=1S/C24H19ClN2O2S/c1-15-8-11-17(12-9-15)26-21-22(30-19-6-4-3-5-7-19)24(29)27(23(21)28)18-13-10-16(2)20(25)14-18/h3-14,26H,1-2H3. The molecule has 4 rings (SSSR count). The molecule has 0 unspecified atom stereocenters. The second-order valence-electron chi connectivity index (χ2n) is 6.99. The Labute approximate surface area is 184 Å². The minimum absolute atomic E-state index is 0.259. The van der Waals surface area contributed by atoms with Crippen molar-refractivity contribution in [3.05, 3.63) is 99.5 Å². The van der Waals surface area contributed by atoms with E-state index in [9.17, 15) is 9.59 Å². The summed E-state index contributed by atoms with van der Waals surface area (Å²) < 4.78 is 0. The summed E-state index contributed by atoms with van der Waals surface area (Å²) in [7, 11) is 0. The average Bonchev–Trinajstić information content (AvgIpc) is 2.96. The second-order valence-corrected chi connectivity index (χ2v) is 8.48. The number of carbonyl (C=O) groups excluding carboxylic acids is 2. The normalized spacial score (nSPS) is 13.9. The Balaban J connectivity index is 1.75. The number of imide groups is 1. The van der Waals surface area contributed by atoms with Crippen LogP contribution in [0, 0.1) is 13.8 Å². The van der Waals surface area contributed by atoms with Gasteiger partial charge in [0.25, 0.3) is 11.8 Å². The van der Waals surface area contributed by atoms with Gasteiger partial charge in [0.2, 0.25) is 0 Å². The van der Waals surface area contributed by atoms with Crippen LogP contribution in [-0.4, -0.2) is 11.8 Å². The van der Waals surface area contributed by atoms with Gasteiger partial charge in [0.05, 0.1) is 5.69 Å². The van der Waals surface area contributed by atoms with Crippen molar-refractivity contribution in [3.8, 4) is 0 Å². The quantitative estimate of drug-likeness (QED) is 0.504. The molecule has 1 N–H and O–H groups in total. The smallest absolute Gasteiger partial charge is 0.283 e. The van der Waals surface area contributed by atoms with Gasteiger partial charge in [-0.25, -0.2) is 4.90 Å². The fraction of sp³-hybridized carbons (Fsp3) is 0.0833. The molecule has 3 aromatic rings. The summed E-state index contributed by atoms with van der Waals surface area (Å²) in [4.78, 5) is 29.0. The molecule has 0 radical (unpaired) electrons. The number of hydrogen-bond acceptors (Lipinski definition) is 4. The molecule has 0 atom stereocenters. The number of thioether (sulfide) groups is 1. The van der Waals surface area contributed by atoms with E-state index >= 15 is 0 Å². The van der Waals surface area contributed by atoms with E-state index in [4.69, 9.17) is 11.6 Å². The predicted molar refractivity (Wildman–Crippen MR) is 123 cm³/mol. The van der Waals surface area contributed by atoms with Crippen molar-refractivity contribution in [2.75, 3.05) is 10.2 Å². The van der Waals surface area contributed by atoms with Crippen LogP contribution < -0.4 is 10.2 Å². The Morgan fingerprint density at radius 2 is 1.57 bits per heavy atom. The van der Waals surface area contributed by atoms with Crippen molar-refractivity contribution in [2.45, 2.75) is 18.7 Å². The van der Waals surface area contributed by atoms with Gasteiger partial charge in [-0.3, -0.25) is 9.59 Å². The van der Waals surface area contributed by atoms with E-state index in [1.54, 1.807) is 18.2 Å². The molecular weight excluding hydrogens is 416 g/mol. The number of nitrogens with zero attached hydrogens (tertiary/aromatic N) is 1. The average molecular weight is 435 g/mol. The van der Waals surface area contributed by atoms with Crippen LogP contribution in [0.2, 0.25) is 5.02 Å². The number of carbonyl (C=O) groups is 2. The summed E-state index contributed by atoms with van der Waals surface area (Å²) >= 11 is 7.52. The molecular formula is C24H19ClN2O2S. The lowest BCUT2D eigenvalue weighted by Gasteiger charge is -2.16. The van der Waals surface area contributed by atoms with Crippen LogP contribution in [-0.2, 0) is 9.59 Å². The lowest BCUT2D eigenvalue weighted by atomic mass is 10.2. The maximum absolute atomic E-state index is 13.3. The topological polar surface area (TPSA) is 49.4 Å². The van der Waals surface area contributed by atoms with Gasteiger partial charge in [-0.2, -0.15) is 0 Å². The van der Waals surface area contributed by atoms with E-state index in [0.717, 1.165) is 21.7 Å². The third-order valence-electron chi connectivity index (χ3n) is 4.74. The lowest BCUT2D eigenvalue weighted by Crippen LogP contribution is -2.32. The Morgan fingerprint density at radius 1 is 0.867 bits per heavy atom. The van der Waals surface area contributed by atoms with Crippen LogP contribution in [0.3, 0.4) is 0 Å². The summed E-state index contributed by atoms with van der Waals surface area (Å²) in [5.41, 5.74) is 3.44. The van der Waals surface area contributed by atoms with Gasteiger partial charge < -0.3 is 5.32 Å². The lowest BCUT2D eigenvalue weighted by molar-refractivity contribution is -0.120. The van der Waals surface area contributed by atoms with E-state index in [1.807, 2.05) is 68.4 Å². The molecule has 0 aromatic heterocycles. The van der Waals surface area contributed by atoms with Gasteiger partial charge in [-0.05, 0) is 55.8 Å². The minimum atomic E-state index is -0.404. The molecule has 0 spiro atoms. The molecule has 0 aliphatic carbocycles. The molecule has 6 heteroatoms. The van der Waals surface area contributed by atoms with E-state index in [2.05, 4.69) is 5.32 Å². The van der Waals surface area contributed by atoms with Crippen LogP contribution in [0.4, 0.5) is 11.4 Å². The van der Waals surface area contributed by atoms with Crippen LogP contribution in [0.5, 0.6) is 0 Å². The summed E-state index contributed by atoms with van der Waals surface area (Å²) in [5, 5.41) is 3.66. The molecule has 1 aliphatic heterocycles. The molecule has 3 aromatic carbocycles. The van der Waals surface area contributed by atoms with Gasteiger partial charge in [0.1, 0.15) is 10.6 Å². The largest absolute Gasteiger partial charge is 0.350 e. The van der Waals surface area contributed by atoms with Crippen molar-refractivity contribution in [1.29, 1.82) is 0 Å². The summed E-state index contributed by atoms with van der Waals surface area (Å²) in [6, 6.07) is 22.4. The zero-order chi connectivity index (χ0) is 21.3. The molecule has 0 fully saturated rings. The maximum atomic E-state index is 13.3. The van der Waals surface area contributed by atoms with Gasteiger partial charge in [0, 0.05) is 15.6 Å². The number of hydrogen-bond donors (Lipinski definition) is 1. The summed E-state index contributed by atoms with van der Waals surface area (Å²) in [5.74, 6) is -0.776. The fourth-order valence-electron chi connectivity index (χ4n) is 3.06. The van der Waals surface area contributed by atoms with E-state index in [0.29, 0.717) is 15.6 Å². The zero-order valence-corrected chi connectivity index (χ0v) is 18.1. The molecule has 0 bridgehead atoms. The number of halogens is 1. The van der Waals surface area contributed by atoms with Crippen molar-refractivity contribution >= 4 is 46.6 Å². The predicted octanol–water partition coefficient (Wildman–Crippen LogP) is 5.95. The van der Waals surface area contributed by atoms with Crippen molar-refractivity contribution in [1.82, 2.24) is 0 Å². The van der Waals surface area contributed by atoms with Crippen molar-refractivity contribution in [2.24, 2.45) is 0 Å². The Bertz CT molecular complexity index is 1160. The van der Waals surface area contributed by atoms with Gasteiger partial charge in [-0.15, -0.1) is 0 Å². The fourth-order valence-corrected chi connectivity index (χ4v) is 4.18. The molecule has 30 heavy (non-hydrogen) atoms. The Kier molecular flexibility index (Phi) is 5.66. The third-order valence-corrected chi connectivity index (χ3v) is 6.24. The van der Waals surface area contributed by atoms with Gasteiger partial charge in [0.15, 0.2) is 0 Å². The Hall–Kier alpha value is -3.02. The number of amides is 2. The molecule has 0 saturated heterocycles. The molecule has 4 nitrogen and oxygen atoms in total. The molecule has 0 saturated carbocycles. The van der Waals surface area contributed by atoms with Crippen LogP contribution in [0.25, 0.3) is 0 Å². The summed E-state index contributed by atoms with van der Waals surface area (Å²) in [6.07, 6.45) is 0. The van der Waals surface area contributed by atoms with Crippen LogP contribution in [0.1, 0.15) is 11.1 Å². The first kappa shape index (κ1) is 20.3. The molecule has 1 aliphatic rings. The molecule has 2 amide bonds. The first-order valence-corrected chi connectivity index (χ1v) is 10.6. The first-order chi connectivity index (χ1) is 14.4. The highest BCUT2D eigenvalue weighted by atomic mass is 35.5. The number of rotatable bonds is 5. The highest BCUT2D eigenvalue weighted by molar-refractivity contribution is 8.04. The second kappa shape index (κ2) is 8.38. The summed E-state index contributed by atoms with van der Waals surface area (Å²) in [6.45, 7) is 3.87. The van der Waals surface area contributed by atoms with Gasteiger partial charge in [-0.1, -0.05) is 65.3 Å². The number of aryl methyl sites for hydroxylation is 2. The van der Waals surface area contributed by atoms with Crippen LogP contribution >= 0.6 is 23.4 Å².